The first-order chi connectivity index (χ1) is 22.2. The lowest BCUT2D eigenvalue weighted by Crippen LogP contribution is -2.40. The van der Waals surface area contributed by atoms with Crippen molar-refractivity contribution in [3.05, 3.63) is 161 Å². The number of benzene rings is 4. The van der Waals surface area contributed by atoms with Crippen LogP contribution in [0.5, 0.6) is 5.75 Å². The Balaban J connectivity index is 1.32. The van der Waals surface area contributed by atoms with Gasteiger partial charge in [-0.05, 0) is 94.2 Å². The number of allylic oxidation sites excluding steroid dienone is 1. The summed E-state index contributed by atoms with van der Waals surface area (Å²) >= 11 is 4.74. The number of anilines is 1. The molecule has 6 rings (SSSR count). The molecule has 0 saturated carbocycles. The van der Waals surface area contributed by atoms with Crippen LogP contribution in [0, 0.1) is 5.82 Å². The summed E-state index contributed by atoms with van der Waals surface area (Å²) in [5, 5.41) is 12.0. The maximum absolute atomic E-state index is 14.0. The Labute approximate surface area is 274 Å². The van der Waals surface area contributed by atoms with Crippen LogP contribution in [0.15, 0.2) is 123 Å². The molecule has 1 amide bonds. The Morgan fingerprint density at radius 2 is 1.76 bits per heavy atom. The molecule has 5 aromatic rings. The predicted octanol–water partition coefficient (Wildman–Crippen LogP) is 6.05. The number of rotatable bonds is 8. The summed E-state index contributed by atoms with van der Waals surface area (Å²) in [6.07, 6.45) is 1.74. The number of aromatic carboxylic acids is 1. The highest BCUT2D eigenvalue weighted by atomic mass is 79.9. The molecule has 1 aromatic heterocycles. The molecule has 0 radical (unpaired) electrons. The minimum absolute atomic E-state index is 0.199. The molecule has 0 spiro atoms. The van der Waals surface area contributed by atoms with E-state index < -0.39 is 23.7 Å². The Hall–Kier alpha value is -5.13. The summed E-state index contributed by atoms with van der Waals surface area (Å²) in [4.78, 5) is 43.8. The fourth-order valence-corrected chi connectivity index (χ4v) is 6.63. The van der Waals surface area contributed by atoms with Gasteiger partial charge in [0.2, 0.25) is 0 Å². The number of amides is 1. The molecule has 0 aliphatic carbocycles. The normalized spacial score (nSPS) is 14.4. The predicted molar refractivity (Wildman–Crippen MR) is 177 cm³/mol. The molecule has 4 aromatic carbocycles. The van der Waals surface area contributed by atoms with Crippen LogP contribution >= 0.6 is 27.3 Å². The third-order valence-electron chi connectivity index (χ3n) is 7.33. The maximum atomic E-state index is 14.0. The second-order valence-electron chi connectivity index (χ2n) is 10.4. The number of para-hydroxylation sites is 1. The van der Waals surface area contributed by atoms with Crippen LogP contribution in [0.3, 0.4) is 0 Å². The highest BCUT2D eigenvalue weighted by Crippen LogP contribution is 2.31. The zero-order valence-electron chi connectivity index (χ0n) is 24.2. The number of nitrogens with zero attached hydrogens (tertiary/aromatic N) is 2. The van der Waals surface area contributed by atoms with E-state index in [1.54, 1.807) is 55.5 Å². The molecular formula is C35H25BrFN3O5S. The molecule has 8 nitrogen and oxygen atoms in total. The van der Waals surface area contributed by atoms with Gasteiger partial charge in [-0.1, -0.05) is 59.9 Å². The fourth-order valence-electron chi connectivity index (χ4n) is 5.07. The Kier molecular flexibility index (Phi) is 8.78. The monoisotopic (exact) mass is 697 g/mol. The number of ether oxygens (including phenoxy) is 1. The van der Waals surface area contributed by atoms with E-state index in [0.29, 0.717) is 36.5 Å². The van der Waals surface area contributed by atoms with Gasteiger partial charge in [0.15, 0.2) is 4.80 Å². The molecule has 1 aliphatic heterocycles. The first-order valence-corrected chi connectivity index (χ1v) is 15.7. The second kappa shape index (κ2) is 13.1. The van der Waals surface area contributed by atoms with Crippen LogP contribution in [0.25, 0.3) is 6.08 Å². The molecular weight excluding hydrogens is 673 g/mol. The smallest absolute Gasteiger partial charge is 0.335 e. The topological polar surface area (TPSA) is 110 Å². The molecule has 1 aliphatic rings. The molecule has 0 fully saturated rings. The third-order valence-corrected chi connectivity index (χ3v) is 8.94. The summed E-state index contributed by atoms with van der Waals surface area (Å²) in [6.45, 7) is 1.96. The number of carboxylic acid groups (broad SMARTS) is 1. The summed E-state index contributed by atoms with van der Waals surface area (Å²) in [5.74, 6) is -1.26. The lowest BCUT2D eigenvalue weighted by atomic mass is 9.95. The van der Waals surface area contributed by atoms with Crippen molar-refractivity contribution in [1.29, 1.82) is 0 Å². The number of carbonyl (C=O) groups is 2. The van der Waals surface area contributed by atoms with Crippen LogP contribution in [0.4, 0.5) is 10.1 Å². The van der Waals surface area contributed by atoms with E-state index in [9.17, 15) is 18.8 Å². The first-order valence-electron chi connectivity index (χ1n) is 14.1. The van der Waals surface area contributed by atoms with Gasteiger partial charge >= 0.3 is 5.97 Å². The number of halogens is 2. The molecule has 2 N–H and O–H groups in total. The summed E-state index contributed by atoms with van der Waals surface area (Å²) < 4.78 is 22.4. The van der Waals surface area contributed by atoms with Gasteiger partial charge in [0.25, 0.3) is 11.5 Å². The number of thiazole rings is 1. The largest absolute Gasteiger partial charge is 0.488 e. The molecule has 2 heterocycles. The zero-order valence-corrected chi connectivity index (χ0v) is 26.6. The molecule has 46 heavy (non-hydrogen) atoms. The van der Waals surface area contributed by atoms with E-state index in [0.717, 1.165) is 11.1 Å². The van der Waals surface area contributed by atoms with Gasteiger partial charge in [-0.2, -0.15) is 0 Å². The number of fused-ring (bicyclic) bond motifs is 1. The van der Waals surface area contributed by atoms with E-state index in [2.05, 4.69) is 26.2 Å². The van der Waals surface area contributed by atoms with E-state index >= 15 is 0 Å². The van der Waals surface area contributed by atoms with Crippen molar-refractivity contribution >= 4 is 50.9 Å². The van der Waals surface area contributed by atoms with Crippen molar-refractivity contribution in [3.63, 3.8) is 0 Å². The van der Waals surface area contributed by atoms with Crippen LogP contribution < -0.4 is 24.9 Å². The number of hydrogen-bond acceptors (Lipinski definition) is 6. The first kappa shape index (κ1) is 30.9. The number of carboxylic acids is 1. The molecule has 0 saturated heterocycles. The van der Waals surface area contributed by atoms with Crippen molar-refractivity contribution in [2.75, 3.05) is 5.32 Å². The van der Waals surface area contributed by atoms with E-state index in [-0.39, 0.29) is 23.3 Å². The maximum Gasteiger partial charge on any atom is 0.335 e. The third kappa shape index (κ3) is 6.46. The SMILES string of the molecule is CC1=C(C(=O)Nc2ccccc2)[C@@H](c2ccc(F)cc2)n2c(s/c(=C/c3ccc(OCc4ccc(C(=O)O)cc4)c(Br)c3)c2=O)=N1. The average Bonchev–Trinajstić information content (AvgIpc) is 3.34. The standard InChI is InChI=1S/C35H25BrFN3O5S/c1-20-30(32(41)39-26-5-3-2-4-6-26)31(23-12-14-25(37)15-13-23)40-33(42)29(46-35(40)38-20)18-22-9-16-28(27(36)17-22)45-19-21-7-10-24(11-8-21)34(43)44/h2-18,31H,19H2,1H3,(H,39,41)(H,43,44)/b29-18+/t31-/m1/s1. The van der Waals surface area contributed by atoms with E-state index in [1.165, 1.54) is 40.2 Å². The number of carbonyl (C=O) groups excluding carboxylic acids is 1. The summed E-state index contributed by atoms with van der Waals surface area (Å²) in [5.41, 5.74) is 3.31. The van der Waals surface area contributed by atoms with Gasteiger partial charge < -0.3 is 15.2 Å². The lowest BCUT2D eigenvalue weighted by Gasteiger charge is -2.25. The van der Waals surface area contributed by atoms with Crippen molar-refractivity contribution < 1.29 is 23.8 Å². The van der Waals surface area contributed by atoms with Gasteiger partial charge in [-0.15, -0.1) is 0 Å². The van der Waals surface area contributed by atoms with Gasteiger partial charge in [-0.25, -0.2) is 14.2 Å². The van der Waals surface area contributed by atoms with Crippen LogP contribution in [-0.4, -0.2) is 21.6 Å². The Morgan fingerprint density at radius 3 is 2.43 bits per heavy atom. The van der Waals surface area contributed by atoms with E-state index in [1.807, 2.05) is 30.3 Å². The van der Waals surface area contributed by atoms with Crippen molar-refractivity contribution in [1.82, 2.24) is 4.57 Å². The number of nitrogens with one attached hydrogen (secondary N) is 1. The minimum Gasteiger partial charge on any atom is -0.488 e. The van der Waals surface area contributed by atoms with Crippen molar-refractivity contribution in [2.45, 2.75) is 19.6 Å². The number of hydrogen-bond donors (Lipinski definition) is 2. The fraction of sp³-hybridized carbons (Fsp3) is 0.0857. The minimum atomic E-state index is -0.992. The Bertz CT molecular complexity index is 2180. The molecule has 11 heteroatoms. The molecule has 0 unspecified atom stereocenters. The van der Waals surface area contributed by atoms with Crippen molar-refractivity contribution in [2.24, 2.45) is 4.99 Å². The molecule has 230 valence electrons. The zero-order chi connectivity index (χ0) is 32.4. The quantitative estimate of drug-likeness (QED) is 0.205. The second-order valence-corrected chi connectivity index (χ2v) is 12.3. The molecule has 0 bridgehead atoms. The van der Waals surface area contributed by atoms with Crippen LogP contribution in [0.2, 0.25) is 0 Å². The van der Waals surface area contributed by atoms with Gasteiger partial charge in [0, 0.05) is 5.69 Å². The average molecular weight is 699 g/mol. The van der Waals surface area contributed by atoms with E-state index in [4.69, 9.17) is 9.84 Å². The van der Waals surface area contributed by atoms with Gasteiger partial charge in [0.05, 0.1) is 31.9 Å². The summed E-state index contributed by atoms with van der Waals surface area (Å²) in [6, 6.07) is 25.8. The van der Waals surface area contributed by atoms with Crippen LogP contribution in [-0.2, 0) is 11.4 Å². The number of aromatic nitrogens is 1. The van der Waals surface area contributed by atoms with Crippen LogP contribution in [0.1, 0.15) is 40.0 Å². The summed E-state index contributed by atoms with van der Waals surface area (Å²) in [7, 11) is 0. The Morgan fingerprint density at radius 1 is 1.04 bits per heavy atom. The van der Waals surface area contributed by atoms with Gasteiger partial charge in [0.1, 0.15) is 18.2 Å². The highest BCUT2D eigenvalue weighted by molar-refractivity contribution is 9.10. The lowest BCUT2D eigenvalue weighted by molar-refractivity contribution is -0.113. The highest BCUT2D eigenvalue weighted by Gasteiger charge is 2.32. The van der Waals surface area contributed by atoms with Gasteiger partial charge in [-0.3, -0.25) is 14.2 Å². The van der Waals surface area contributed by atoms with Crippen molar-refractivity contribution in [3.8, 4) is 5.75 Å². The molecule has 1 atom stereocenters.